The van der Waals surface area contributed by atoms with Gasteiger partial charge < -0.3 is 0 Å². The minimum Gasteiger partial charge on any atom is -0.0623 e. The van der Waals surface area contributed by atoms with Gasteiger partial charge in [0.2, 0.25) is 0 Å². The summed E-state index contributed by atoms with van der Waals surface area (Å²) in [4.78, 5) is 0. The first kappa shape index (κ1) is 56.0. The third-order valence-electron chi connectivity index (χ3n) is 17.4. The topological polar surface area (TPSA) is 0 Å². The standard InChI is InChI=1S/2C40H40Si/c2*1-39(2,3)31-25-21-29(22-26-31)37-35-19-13-14-20-36(35)41(33-15-9-7-10-16-33,34-17-11-8-12-18-34)38(37)30-23-27-32(28-24-30)40(4,5)6/h2*7-28H,1-6H3. The van der Waals surface area contributed by atoms with E-state index < -0.39 is 16.1 Å². The van der Waals surface area contributed by atoms with E-state index in [1.54, 1.807) is 0 Å². The Hall–Kier alpha value is -7.89. The second kappa shape index (κ2) is 21.8. The molecule has 0 fully saturated rings. The van der Waals surface area contributed by atoms with Gasteiger partial charge in [-0.05, 0) is 130 Å². The van der Waals surface area contributed by atoms with Gasteiger partial charge in [-0.25, -0.2) is 0 Å². The second-order valence-electron chi connectivity index (χ2n) is 26.9. The molecule has 12 rings (SSSR count). The molecule has 0 nitrogen and oxygen atoms in total. The first-order chi connectivity index (χ1) is 39.2. The van der Waals surface area contributed by atoms with E-state index in [2.05, 4.69) is 350 Å². The number of benzene rings is 10. The van der Waals surface area contributed by atoms with Crippen molar-refractivity contribution in [3.05, 3.63) is 323 Å². The van der Waals surface area contributed by atoms with E-state index in [1.165, 1.54) is 108 Å². The molecule has 10 aromatic rings. The van der Waals surface area contributed by atoms with Crippen LogP contribution in [0.25, 0.3) is 21.5 Å². The first-order valence-electron chi connectivity index (χ1n) is 29.6. The molecule has 2 heterocycles. The fourth-order valence-corrected chi connectivity index (χ4v) is 23.9. The Bertz CT molecular complexity index is 3570. The zero-order valence-corrected chi connectivity index (χ0v) is 52.4. The van der Waals surface area contributed by atoms with Crippen molar-refractivity contribution in [3.63, 3.8) is 0 Å². The molecule has 0 radical (unpaired) electrons. The van der Waals surface area contributed by atoms with Crippen LogP contribution in [0, 0.1) is 0 Å². The van der Waals surface area contributed by atoms with Gasteiger partial charge in [0.05, 0.1) is 0 Å². The van der Waals surface area contributed by atoms with Gasteiger partial charge in [0.15, 0.2) is 16.1 Å². The number of hydrogen-bond acceptors (Lipinski definition) is 0. The third-order valence-corrected chi connectivity index (χ3v) is 27.3. The fourth-order valence-electron chi connectivity index (χ4n) is 13.1. The molecule has 0 atom stereocenters. The Labute approximate surface area is 493 Å². The molecule has 0 aromatic heterocycles. The van der Waals surface area contributed by atoms with Crippen LogP contribution in [0.5, 0.6) is 0 Å². The molecule has 0 spiro atoms. The Morgan fingerprint density at radius 3 is 0.646 bits per heavy atom. The molecule has 0 saturated heterocycles. The Kier molecular flexibility index (Phi) is 14.9. The van der Waals surface area contributed by atoms with Crippen LogP contribution in [0.4, 0.5) is 0 Å². The highest BCUT2D eigenvalue weighted by molar-refractivity contribution is 7.26. The van der Waals surface area contributed by atoms with Crippen molar-refractivity contribution in [2.45, 2.75) is 105 Å². The molecule has 0 unspecified atom stereocenters. The molecule has 0 saturated carbocycles. The van der Waals surface area contributed by atoms with E-state index in [0.717, 1.165) is 0 Å². The maximum atomic E-state index is 2.40. The Balaban J connectivity index is 0.000000172. The quantitative estimate of drug-likeness (QED) is 0.133. The lowest BCUT2D eigenvalue weighted by Gasteiger charge is -2.34. The molecule has 2 heteroatoms. The highest BCUT2D eigenvalue weighted by Gasteiger charge is 2.52. The second-order valence-corrected chi connectivity index (χ2v) is 34.3. The van der Waals surface area contributed by atoms with E-state index in [-0.39, 0.29) is 21.7 Å². The van der Waals surface area contributed by atoms with Crippen LogP contribution in [-0.2, 0) is 21.7 Å². The third kappa shape index (κ3) is 10.1. The molecule has 2 aliphatic heterocycles. The van der Waals surface area contributed by atoms with E-state index in [9.17, 15) is 0 Å². The molecular formula is C80H80Si2. The summed E-state index contributed by atoms with van der Waals surface area (Å²) in [5, 5.41) is 11.6. The molecular weight excluding hydrogens is 1020 g/mol. The molecule has 408 valence electrons. The highest BCUT2D eigenvalue weighted by Crippen LogP contribution is 2.46. The summed E-state index contributed by atoms with van der Waals surface area (Å²) in [7, 11) is -5.31. The smallest absolute Gasteiger partial charge is 0.0623 e. The van der Waals surface area contributed by atoms with Crippen molar-refractivity contribution in [2.75, 3.05) is 0 Å². The van der Waals surface area contributed by atoms with Crippen molar-refractivity contribution in [3.8, 4) is 0 Å². The lowest BCUT2D eigenvalue weighted by molar-refractivity contribution is 0.590. The molecule has 0 amide bonds. The molecule has 0 aliphatic carbocycles. The van der Waals surface area contributed by atoms with E-state index >= 15 is 0 Å². The SMILES string of the molecule is CC(C)(C)c1ccc(C2=C(c3ccc(C(C)(C)C)cc3)[Si](c3ccccc3)(c3ccccc3)c3ccccc32)cc1.CC(C)(C)c1ccc(C2=C(c3ccc(C(C)(C)C)cc3)[Si](c3ccccc3)(c3ccccc3)c3ccccc32)cc1. The largest absolute Gasteiger partial charge is 0.181 e. The van der Waals surface area contributed by atoms with Gasteiger partial charge in [-0.2, -0.15) is 0 Å². The van der Waals surface area contributed by atoms with Crippen LogP contribution < -0.4 is 31.1 Å². The summed E-state index contributed by atoms with van der Waals surface area (Å²) in [5.41, 5.74) is 16.6. The lowest BCUT2D eigenvalue weighted by atomic mass is 9.85. The Morgan fingerprint density at radius 2 is 0.415 bits per heavy atom. The van der Waals surface area contributed by atoms with Crippen molar-refractivity contribution < 1.29 is 0 Å². The lowest BCUT2D eigenvalue weighted by Crippen LogP contribution is -2.66. The van der Waals surface area contributed by atoms with Gasteiger partial charge in [0.1, 0.15) is 0 Å². The average molecular weight is 1100 g/mol. The van der Waals surface area contributed by atoms with Gasteiger partial charge in [-0.3, -0.25) is 0 Å². The number of rotatable bonds is 8. The summed E-state index contributed by atoms with van der Waals surface area (Å²) in [6.07, 6.45) is 0. The van der Waals surface area contributed by atoms with Crippen LogP contribution in [0.15, 0.2) is 267 Å². The van der Waals surface area contributed by atoms with Crippen LogP contribution in [0.2, 0.25) is 0 Å². The average Bonchev–Trinajstić information content (AvgIpc) is 4.06. The summed E-state index contributed by atoms with van der Waals surface area (Å²) in [6, 6.07) is 101. The van der Waals surface area contributed by atoms with Crippen LogP contribution in [0.1, 0.15) is 139 Å². The van der Waals surface area contributed by atoms with Crippen LogP contribution >= 0.6 is 0 Å². The predicted octanol–water partition coefficient (Wildman–Crippen LogP) is 16.5. The monoisotopic (exact) mass is 1100 g/mol. The maximum absolute atomic E-state index is 2.66. The minimum atomic E-state index is -2.66. The van der Waals surface area contributed by atoms with E-state index in [1.807, 2.05) is 0 Å². The van der Waals surface area contributed by atoms with Crippen LogP contribution in [-0.4, -0.2) is 16.1 Å². The van der Waals surface area contributed by atoms with Gasteiger partial charge in [-0.15, -0.1) is 0 Å². The van der Waals surface area contributed by atoms with Gasteiger partial charge in [-0.1, -0.05) is 350 Å². The molecule has 0 bridgehead atoms. The zero-order chi connectivity index (χ0) is 57.7. The molecule has 82 heavy (non-hydrogen) atoms. The summed E-state index contributed by atoms with van der Waals surface area (Å²) in [6.45, 7) is 27.5. The van der Waals surface area contributed by atoms with E-state index in [4.69, 9.17) is 0 Å². The van der Waals surface area contributed by atoms with Crippen molar-refractivity contribution in [1.82, 2.24) is 0 Å². The van der Waals surface area contributed by atoms with E-state index in [0.29, 0.717) is 0 Å². The number of hydrogen-bond donors (Lipinski definition) is 0. The normalized spacial score (nSPS) is 14.7. The van der Waals surface area contributed by atoms with Gasteiger partial charge in [0, 0.05) is 0 Å². The molecule has 10 aromatic carbocycles. The predicted molar refractivity (Wildman–Crippen MR) is 360 cm³/mol. The summed E-state index contributed by atoms with van der Waals surface area (Å²) in [5.74, 6) is 0. The zero-order valence-electron chi connectivity index (χ0n) is 50.4. The summed E-state index contributed by atoms with van der Waals surface area (Å²) < 4.78 is 0. The molecule has 0 N–H and O–H groups in total. The van der Waals surface area contributed by atoms with Crippen molar-refractivity contribution in [2.24, 2.45) is 0 Å². The van der Waals surface area contributed by atoms with Crippen LogP contribution in [0.3, 0.4) is 0 Å². The number of fused-ring (bicyclic) bond motifs is 2. The summed E-state index contributed by atoms with van der Waals surface area (Å²) >= 11 is 0. The van der Waals surface area contributed by atoms with Crippen molar-refractivity contribution >= 4 is 68.8 Å². The fraction of sp³-hybridized carbons (Fsp3) is 0.200. The maximum Gasteiger partial charge on any atom is 0.181 e. The molecule has 2 aliphatic rings. The first-order valence-corrected chi connectivity index (χ1v) is 33.6. The van der Waals surface area contributed by atoms with Crippen molar-refractivity contribution in [1.29, 1.82) is 0 Å². The van der Waals surface area contributed by atoms with Gasteiger partial charge >= 0.3 is 0 Å². The Morgan fingerprint density at radius 1 is 0.207 bits per heavy atom. The highest BCUT2D eigenvalue weighted by atomic mass is 28.3. The van der Waals surface area contributed by atoms with Gasteiger partial charge in [0.25, 0.3) is 0 Å². The minimum absolute atomic E-state index is 0.102.